The zero-order valence-electron chi connectivity index (χ0n) is 12.8. The van der Waals surface area contributed by atoms with E-state index in [9.17, 15) is 0 Å². The van der Waals surface area contributed by atoms with E-state index in [-0.39, 0.29) is 0 Å². The van der Waals surface area contributed by atoms with Crippen molar-refractivity contribution < 1.29 is 0 Å². The Morgan fingerprint density at radius 1 is 1.21 bits per heavy atom. The van der Waals surface area contributed by atoms with Crippen LogP contribution < -0.4 is 5.73 Å². The van der Waals surface area contributed by atoms with Crippen LogP contribution in [-0.4, -0.2) is 24.5 Å². The molecule has 0 spiro atoms. The smallest absolute Gasteiger partial charge is 0.0475 e. The number of likely N-dealkylation sites (tertiary alicyclic amines) is 1. The van der Waals surface area contributed by atoms with Gasteiger partial charge in [-0.2, -0.15) is 0 Å². The van der Waals surface area contributed by atoms with Crippen molar-refractivity contribution in [3.05, 3.63) is 34.9 Å². The third kappa shape index (κ3) is 3.01. The maximum Gasteiger partial charge on any atom is 0.0475 e. The zero-order chi connectivity index (χ0) is 14.0. The fraction of sp³-hybridized carbons (Fsp3) is 0.647. The molecule has 1 saturated heterocycles. The van der Waals surface area contributed by atoms with E-state index in [0.29, 0.717) is 12.6 Å². The minimum atomic E-state index is 0.385. The van der Waals surface area contributed by atoms with Crippen molar-refractivity contribution in [2.75, 3.05) is 19.6 Å². The molecule has 0 aromatic heterocycles. The summed E-state index contributed by atoms with van der Waals surface area (Å²) in [5.74, 6) is 1.61. The van der Waals surface area contributed by atoms with Crippen LogP contribution in [0.15, 0.2) is 18.2 Å². The highest BCUT2D eigenvalue weighted by molar-refractivity contribution is 5.36. The van der Waals surface area contributed by atoms with Crippen LogP contribution in [0.4, 0.5) is 0 Å². The normalized spacial score (nSPS) is 26.4. The Morgan fingerprint density at radius 2 is 1.84 bits per heavy atom. The molecule has 3 unspecified atom stereocenters. The topological polar surface area (TPSA) is 29.3 Å². The molecule has 2 N–H and O–H groups in total. The summed E-state index contributed by atoms with van der Waals surface area (Å²) in [7, 11) is 0. The molecule has 1 aliphatic rings. The van der Waals surface area contributed by atoms with E-state index < -0.39 is 0 Å². The molecule has 1 heterocycles. The number of rotatable bonds is 3. The predicted octanol–water partition coefficient (Wildman–Crippen LogP) is 3.28. The van der Waals surface area contributed by atoms with Gasteiger partial charge in [0, 0.05) is 19.1 Å². The first-order chi connectivity index (χ1) is 9.04. The molecule has 0 radical (unpaired) electrons. The fourth-order valence-corrected chi connectivity index (χ4v) is 3.38. The molecule has 1 aromatic rings. The van der Waals surface area contributed by atoms with E-state index in [4.69, 9.17) is 5.73 Å². The van der Waals surface area contributed by atoms with Gasteiger partial charge < -0.3 is 5.73 Å². The summed E-state index contributed by atoms with van der Waals surface area (Å²) in [5.41, 5.74) is 10.3. The second kappa shape index (κ2) is 6.06. The van der Waals surface area contributed by atoms with Gasteiger partial charge >= 0.3 is 0 Å². The summed E-state index contributed by atoms with van der Waals surface area (Å²) < 4.78 is 0. The third-order valence-corrected chi connectivity index (χ3v) is 4.90. The third-order valence-electron chi connectivity index (χ3n) is 4.90. The lowest BCUT2D eigenvalue weighted by atomic mass is 9.86. The Hall–Kier alpha value is -0.860. The highest BCUT2D eigenvalue weighted by atomic mass is 15.2. The minimum Gasteiger partial charge on any atom is -0.329 e. The van der Waals surface area contributed by atoms with Crippen LogP contribution in [0.1, 0.15) is 43.0 Å². The van der Waals surface area contributed by atoms with Gasteiger partial charge in [0.05, 0.1) is 0 Å². The Kier molecular flexibility index (Phi) is 4.64. The molecule has 1 aliphatic heterocycles. The molecule has 2 heteroatoms. The summed E-state index contributed by atoms with van der Waals surface area (Å²) >= 11 is 0. The zero-order valence-corrected chi connectivity index (χ0v) is 12.8. The molecule has 106 valence electrons. The minimum absolute atomic E-state index is 0.385. The monoisotopic (exact) mass is 260 g/mol. The van der Waals surface area contributed by atoms with E-state index in [1.807, 2.05) is 0 Å². The van der Waals surface area contributed by atoms with Gasteiger partial charge in [-0.25, -0.2) is 0 Å². The largest absolute Gasteiger partial charge is 0.329 e. The molecule has 0 aliphatic carbocycles. The van der Waals surface area contributed by atoms with E-state index >= 15 is 0 Å². The second-order valence-corrected chi connectivity index (χ2v) is 6.30. The Balaban J connectivity index is 2.25. The number of nitrogens with two attached hydrogens (primary N) is 1. The van der Waals surface area contributed by atoms with Crippen molar-refractivity contribution in [1.82, 2.24) is 4.90 Å². The lowest BCUT2D eigenvalue weighted by molar-refractivity contribution is 0.0978. The average Bonchev–Trinajstić information content (AvgIpc) is 2.37. The van der Waals surface area contributed by atoms with Crippen LogP contribution in [0.2, 0.25) is 0 Å². The molecule has 0 amide bonds. The van der Waals surface area contributed by atoms with E-state index in [1.165, 1.54) is 36.2 Å². The summed E-state index contributed by atoms with van der Waals surface area (Å²) in [4.78, 5) is 2.60. The quantitative estimate of drug-likeness (QED) is 0.903. The molecule has 2 rings (SSSR count). The summed E-state index contributed by atoms with van der Waals surface area (Å²) in [5, 5.41) is 0. The molecule has 3 atom stereocenters. The summed E-state index contributed by atoms with van der Waals surface area (Å²) in [6, 6.07) is 6.95. The summed E-state index contributed by atoms with van der Waals surface area (Å²) in [6.07, 6.45) is 1.29. The van der Waals surface area contributed by atoms with Crippen LogP contribution in [-0.2, 0) is 0 Å². The maximum atomic E-state index is 6.11. The van der Waals surface area contributed by atoms with Gasteiger partial charge in [-0.3, -0.25) is 4.90 Å². The van der Waals surface area contributed by atoms with Crippen LogP contribution in [0.25, 0.3) is 0 Å². The van der Waals surface area contributed by atoms with Crippen molar-refractivity contribution in [3.63, 3.8) is 0 Å². The average molecular weight is 260 g/mol. The van der Waals surface area contributed by atoms with Gasteiger partial charge in [0.1, 0.15) is 0 Å². The number of hydrogen-bond donors (Lipinski definition) is 1. The molecule has 0 saturated carbocycles. The van der Waals surface area contributed by atoms with Crippen molar-refractivity contribution in [2.24, 2.45) is 17.6 Å². The molecular weight excluding hydrogens is 232 g/mol. The van der Waals surface area contributed by atoms with Gasteiger partial charge in [-0.05, 0) is 55.3 Å². The first kappa shape index (κ1) is 14.5. The number of benzene rings is 1. The second-order valence-electron chi connectivity index (χ2n) is 6.30. The van der Waals surface area contributed by atoms with Gasteiger partial charge in [0.25, 0.3) is 0 Å². The number of hydrogen-bond acceptors (Lipinski definition) is 2. The van der Waals surface area contributed by atoms with E-state index in [1.54, 1.807) is 0 Å². The van der Waals surface area contributed by atoms with Gasteiger partial charge in [0.2, 0.25) is 0 Å². The Morgan fingerprint density at radius 3 is 2.37 bits per heavy atom. The number of nitrogens with zero attached hydrogens (tertiary/aromatic N) is 1. The molecule has 1 fully saturated rings. The Bertz CT molecular complexity index is 407. The van der Waals surface area contributed by atoms with Crippen LogP contribution >= 0.6 is 0 Å². The van der Waals surface area contributed by atoms with E-state index in [0.717, 1.165) is 11.8 Å². The first-order valence-electron chi connectivity index (χ1n) is 7.54. The molecule has 1 aromatic carbocycles. The molecular formula is C17H28N2. The fourth-order valence-electron chi connectivity index (χ4n) is 3.38. The van der Waals surface area contributed by atoms with E-state index in [2.05, 4.69) is 50.8 Å². The van der Waals surface area contributed by atoms with Gasteiger partial charge in [-0.15, -0.1) is 0 Å². The first-order valence-corrected chi connectivity index (χ1v) is 7.54. The number of piperidine rings is 1. The van der Waals surface area contributed by atoms with Gasteiger partial charge in [0.15, 0.2) is 0 Å². The Labute approximate surface area is 118 Å². The maximum absolute atomic E-state index is 6.11. The van der Waals surface area contributed by atoms with Crippen LogP contribution in [0, 0.1) is 25.7 Å². The van der Waals surface area contributed by atoms with Crippen molar-refractivity contribution in [3.8, 4) is 0 Å². The standard InChI is InChI=1S/C17H28N2/c1-12-8-9-19(11-15(12)4)16(10-18)17-13(2)6-5-7-14(17)3/h5-7,12,15-16H,8-11,18H2,1-4H3. The molecule has 0 bridgehead atoms. The molecule has 2 nitrogen and oxygen atoms in total. The van der Waals surface area contributed by atoms with Gasteiger partial charge in [-0.1, -0.05) is 32.0 Å². The summed E-state index contributed by atoms with van der Waals surface area (Å²) in [6.45, 7) is 12.2. The van der Waals surface area contributed by atoms with Crippen molar-refractivity contribution in [1.29, 1.82) is 0 Å². The van der Waals surface area contributed by atoms with Crippen molar-refractivity contribution in [2.45, 2.75) is 40.2 Å². The van der Waals surface area contributed by atoms with Crippen LogP contribution in [0.3, 0.4) is 0 Å². The van der Waals surface area contributed by atoms with Crippen molar-refractivity contribution >= 4 is 0 Å². The predicted molar refractivity (Wildman–Crippen MR) is 82.2 cm³/mol. The number of aryl methyl sites for hydroxylation is 2. The SMILES string of the molecule is Cc1cccc(C)c1C(CN)N1CCC(C)C(C)C1. The lowest BCUT2D eigenvalue weighted by Crippen LogP contribution is -2.43. The lowest BCUT2D eigenvalue weighted by Gasteiger charge is -2.40. The van der Waals surface area contributed by atoms with Crippen LogP contribution in [0.5, 0.6) is 0 Å². The highest BCUT2D eigenvalue weighted by Crippen LogP contribution is 2.32. The molecule has 19 heavy (non-hydrogen) atoms. The highest BCUT2D eigenvalue weighted by Gasteiger charge is 2.29.